The van der Waals surface area contributed by atoms with E-state index in [-0.39, 0.29) is 0 Å². The molecular weight excluding hydrogens is 617 g/mol. The van der Waals surface area contributed by atoms with Crippen LogP contribution in [-0.2, 0) is 5.41 Å². The first-order valence-corrected chi connectivity index (χ1v) is 17.7. The van der Waals surface area contributed by atoms with Gasteiger partial charge < -0.3 is 8.83 Å². The summed E-state index contributed by atoms with van der Waals surface area (Å²) in [7, 11) is 0. The lowest BCUT2D eigenvalue weighted by molar-refractivity contribution is -0.00518. The summed E-state index contributed by atoms with van der Waals surface area (Å²) in [5.41, 5.74) is 7.91. The standard InChI is InChI=1S/C44H32N4O2/c1-45-30-16-17-38-36(21-30)33-8-5-10-35(40(33)50-38)43-47-41(28-12-14-29(15-13-28)44-22-25-18-26(23-44)20-27(19-25)24-44)46-42(48-43)34-9-4-7-32-31-6-2-3-11-37(31)49-39(32)34/h2-17,21,25-27H,18-20,22-24H2. The Morgan fingerprint density at radius 2 is 1.12 bits per heavy atom. The highest BCUT2D eigenvalue weighted by Crippen LogP contribution is 2.60. The van der Waals surface area contributed by atoms with Crippen molar-refractivity contribution in [2.45, 2.75) is 43.9 Å². The summed E-state index contributed by atoms with van der Waals surface area (Å²) in [6, 6.07) is 35.0. The van der Waals surface area contributed by atoms with Crippen LogP contribution in [0.25, 0.3) is 82.9 Å². The predicted octanol–water partition coefficient (Wildman–Crippen LogP) is 11.7. The average Bonchev–Trinajstić information content (AvgIpc) is 3.72. The molecule has 4 aliphatic rings. The van der Waals surface area contributed by atoms with E-state index in [9.17, 15) is 0 Å². The number of rotatable bonds is 4. The summed E-state index contributed by atoms with van der Waals surface area (Å²) in [6.45, 7) is 7.54. The zero-order valence-corrected chi connectivity index (χ0v) is 27.4. The smallest absolute Gasteiger partial charge is 0.188 e. The Kier molecular flexibility index (Phi) is 5.81. The van der Waals surface area contributed by atoms with Crippen molar-refractivity contribution >= 4 is 49.6 Å². The molecule has 4 aliphatic carbocycles. The Balaban J connectivity index is 1.10. The van der Waals surface area contributed by atoms with Crippen molar-refractivity contribution in [1.82, 2.24) is 15.0 Å². The van der Waals surface area contributed by atoms with Crippen molar-refractivity contribution < 1.29 is 8.83 Å². The third-order valence-electron chi connectivity index (χ3n) is 11.9. The number of benzene rings is 5. The van der Waals surface area contributed by atoms with E-state index in [0.29, 0.717) is 34.2 Å². The second-order valence-corrected chi connectivity index (χ2v) is 14.9. The molecule has 240 valence electrons. The Morgan fingerprint density at radius 1 is 0.560 bits per heavy atom. The molecule has 0 amide bonds. The maximum absolute atomic E-state index is 7.54. The van der Waals surface area contributed by atoms with Crippen LogP contribution in [0.5, 0.6) is 0 Å². The summed E-state index contributed by atoms with van der Waals surface area (Å²) in [4.78, 5) is 19.0. The van der Waals surface area contributed by atoms with Crippen molar-refractivity contribution in [3.63, 3.8) is 0 Å². The third-order valence-corrected chi connectivity index (χ3v) is 11.9. The lowest BCUT2D eigenvalue weighted by Gasteiger charge is -2.57. The Bertz CT molecular complexity index is 2680. The first kappa shape index (κ1) is 28.1. The molecule has 4 fully saturated rings. The molecule has 5 aromatic carbocycles. The number of para-hydroxylation sites is 3. The van der Waals surface area contributed by atoms with Gasteiger partial charge in [-0.1, -0.05) is 72.8 Å². The monoisotopic (exact) mass is 648 g/mol. The van der Waals surface area contributed by atoms with Crippen molar-refractivity contribution in [3.8, 4) is 34.2 Å². The molecule has 3 aromatic heterocycles. The summed E-state index contributed by atoms with van der Waals surface area (Å²) in [5.74, 6) is 4.36. The van der Waals surface area contributed by atoms with E-state index >= 15 is 0 Å². The summed E-state index contributed by atoms with van der Waals surface area (Å²) >= 11 is 0. The molecule has 8 aromatic rings. The van der Waals surface area contributed by atoms with Crippen LogP contribution in [0.15, 0.2) is 112 Å². The van der Waals surface area contributed by atoms with Gasteiger partial charge in [0.25, 0.3) is 0 Å². The van der Waals surface area contributed by atoms with Gasteiger partial charge in [-0.25, -0.2) is 19.8 Å². The highest BCUT2D eigenvalue weighted by molar-refractivity contribution is 6.11. The van der Waals surface area contributed by atoms with Gasteiger partial charge in [0.1, 0.15) is 22.3 Å². The van der Waals surface area contributed by atoms with E-state index in [1.807, 2.05) is 60.7 Å². The SMILES string of the molecule is [C-]#[N+]c1ccc2oc3c(-c4nc(-c5ccc(C67CC8CC(CC(C8)C6)C7)cc5)nc(-c5cccc6c5oc5ccccc56)n4)cccc3c2c1. The van der Waals surface area contributed by atoms with Gasteiger partial charge in [-0.2, -0.15) is 0 Å². The zero-order valence-electron chi connectivity index (χ0n) is 27.4. The highest BCUT2D eigenvalue weighted by Gasteiger charge is 2.51. The summed E-state index contributed by atoms with van der Waals surface area (Å²) in [6.07, 6.45) is 8.30. The molecular formula is C44H32N4O2. The molecule has 0 atom stereocenters. The molecule has 50 heavy (non-hydrogen) atoms. The Hall–Kier alpha value is -5.80. The predicted molar refractivity (Wildman–Crippen MR) is 197 cm³/mol. The minimum Gasteiger partial charge on any atom is -0.455 e. The van der Waals surface area contributed by atoms with E-state index in [2.05, 4.69) is 41.2 Å². The first-order valence-electron chi connectivity index (χ1n) is 17.7. The summed E-state index contributed by atoms with van der Waals surface area (Å²) < 4.78 is 12.9. The fourth-order valence-corrected chi connectivity index (χ4v) is 10.1. The number of hydrogen-bond donors (Lipinski definition) is 0. The van der Waals surface area contributed by atoms with Gasteiger partial charge in [0.2, 0.25) is 0 Å². The lowest BCUT2D eigenvalue weighted by atomic mass is 9.48. The van der Waals surface area contributed by atoms with Crippen LogP contribution in [0.4, 0.5) is 5.69 Å². The maximum Gasteiger partial charge on any atom is 0.188 e. The van der Waals surface area contributed by atoms with Crippen LogP contribution in [0.3, 0.4) is 0 Å². The van der Waals surface area contributed by atoms with E-state index in [1.54, 1.807) is 6.07 Å². The van der Waals surface area contributed by atoms with Crippen molar-refractivity contribution in [2.75, 3.05) is 0 Å². The Morgan fingerprint density at radius 3 is 1.76 bits per heavy atom. The van der Waals surface area contributed by atoms with E-state index in [4.69, 9.17) is 30.4 Å². The van der Waals surface area contributed by atoms with E-state index < -0.39 is 0 Å². The summed E-state index contributed by atoms with van der Waals surface area (Å²) in [5, 5.41) is 3.91. The molecule has 3 heterocycles. The largest absolute Gasteiger partial charge is 0.455 e. The molecule has 0 radical (unpaired) electrons. The molecule has 6 heteroatoms. The zero-order chi connectivity index (χ0) is 33.0. The normalized spacial score (nSPS) is 22.6. The second-order valence-electron chi connectivity index (χ2n) is 14.9. The van der Waals surface area contributed by atoms with Gasteiger partial charge in [0.05, 0.1) is 17.7 Å². The topological polar surface area (TPSA) is 69.3 Å². The van der Waals surface area contributed by atoms with Crippen LogP contribution in [-0.4, -0.2) is 15.0 Å². The highest BCUT2D eigenvalue weighted by atomic mass is 16.3. The fraction of sp³-hybridized carbons (Fsp3) is 0.227. The van der Waals surface area contributed by atoms with Gasteiger partial charge in [0.15, 0.2) is 23.2 Å². The number of fused-ring (bicyclic) bond motifs is 6. The van der Waals surface area contributed by atoms with Crippen LogP contribution in [0, 0.1) is 24.3 Å². The third kappa shape index (κ3) is 4.16. The lowest BCUT2D eigenvalue weighted by Crippen LogP contribution is -2.48. The minimum absolute atomic E-state index is 0.323. The van der Waals surface area contributed by atoms with Crippen molar-refractivity contribution in [1.29, 1.82) is 0 Å². The molecule has 0 aliphatic heterocycles. The van der Waals surface area contributed by atoms with Gasteiger partial charge in [0, 0.05) is 27.1 Å². The first-order chi connectivity index (χ1) is 24.6. The molecule has 6 nitrogen and oxygen atoms in total. The molecule has 0 N–H and O–H groups in total. The van der Waals surface area contributed by atoms with E-state index in [0.717, 1.165) is 72.7 Å². The molecule has 4 saturated carbocycles. The van der Waals surface area contributed by atoms with Gasteiger partial charge in [-0.3, -0.25) is 0 Å². The fourth-order valence-electron chi connectivity index (χ4n) is 10.1. The van der Waals surface area contributed by atoms with E-state index in [1.165, 1.54) is 44.1 Å². The minimum atomic E-state index is 0.323. The maximum atomic E-state index is 7.54. The molecule has 0 unspecified atom stereocenters. The second kappa shape index (κ2) is 10.4. The van der Waals surface area contributed by atoms with Crippen molar-refractivity contribution in [3.05, 3.63) is 120 Å². The molecule has 0 saturated heterocycles. The number of furan rings is 2. The molecule has 0 spiro atoms. The van der Waals surface area contributed by atoms with Crippen LogP contribution in [0.1, 0.15) is 44.1 Å². The molecule has 12 rings (SSSR count). The van der Waals surface area contributed by atoms with Gasteiger partial charge >= 0.3 is 0 Å². The average molecular weight is 649 g/mol. The van der Waals surface area contributed by atoms with Crippen LogP contribution < -0.4 is 0 Å². The van der Waals surface area contributed by atoms with Gasteiger partial charge in [-0.05, 0) is 97.6 Å². The molecule has 4 bridgehead atoms. The quantitative estimate of drug-likeness (QED) is 0.178. The number of aromatic nitrogens is 3. The number of nitrogens with zero attached hydrogens (tertiary/aromatic N) is 4. The van der Waals surface area contributed by atoms with Crippen LogP contribution in [0.2, 0.25) is 0 Å². The van der Waals surface area contributed by atoms with Crippen molar-refractivity contribution in [2.24, 2.45) is 17.8 Å². The van der Waals surface area contributed by atoms with Gasteiger partial charge in [-0.15, -0.1) is 0 Å². The van der Waals surface area contributed by atoms with Crippen LogP contribution >= 0.6 is 0 Å². The number of hydrogen-bond acceptors (Lipinski definition) is 5. The Labute approximate surface area is 288 Å².